The Kier molecular flexibility index (Phi) is 16.0. The molecule has 2 saturated heterocycles. The molecule has 4 N–H and O–H groups in total. The van der Waals surface area contributed by atoms with Crippen LogP contribution in [0.5, 0.6) is 29.0 Å². The molecular formula is C51H53ClN12O5S. The van der Waals surface area contributed by atoms with Gasteiger partial charge in [-0.25, -0.2) is 9.97 Å². The predicted molar refractivity (Wildman–Crippen MR) is 281 cm³/mol. The lowest BCUT2D eigenvalue weighted by atomic mass is 10.2. The first-order valence-electron chi connectivity index (χ1n) is 22.4. The van der Waals surface area contributed by atoms with Gasteiger partial charge in [-0.1, -0.05) is 36.9 Å². The molecule has 0 atom stereocenters. The molecule has 2 aliphatic heterocycles. The second-order valence-corrected chi connectivity index (χ2v) is 17.6. The summed E-state index contributed by atoms with van der Waals surface area (Å²) in [5.41, 5.74) is 5.90. The second kappa shape index (κ2) is 23.0. The molecule has 360 valence electrons. The molecule has 2 amide bonds. The van der Waals surface area contributed by atoms with Gasteiger partial charge in [0.25, 0.3) is 0 Å². The molecule has 5 heterocycles. The molecule has 0 spiro atoms. The fourth-order valence-electron chi connectivity index (χ4n) is 7.44. The van der Waals surface area contributed by atoms with E-state index in [0.29, 0.717) is 52.1 Å². The van der Waals surface area contributed by atoms with Gasteiger partial charge >= 0.3 is 0 Å². The average Bonchev–Trinajstić information content (AvgIpc) is 3.86. The molecule has 9 rings (SSSR count). The minimum absolute atomic E-state index is 0.171. The first kappa shape index (κ1) is 48.7. The Labute approximate surface area is 415 Å². The number of hydrogen-bond donors (Lipinski definition) is 4. The number of amides is 2. The van der Waals surface area contributed by atoms with Crippen LogP contribution in [0.2, 0.25) is 5.02 Å². The molecule has 0 bridgehead atoms. The third-order valence-corrected chi connectivity index (χ3v) is 12.4. The number of benzene rings is 4. The van der Waals surface area contributed by atoms with Gasteiger partial charge in [-0.05, 0) is 98.4 Å². The molecule has 2 aliphatic rings. The number of piperazine rings is 2. The zero-order chi connectivity index (χ0) is 49.0. The Balaban J connectivity index is 0.000000188. The van der Waals surface area contributed by atoms with E-state index >= 15 is 0 Å². The lowest BCUT2D eigenvalue weighted by molar-refractivity contribution is -0.112. The molecule has 70 heavy (non-hydrogen) atoms. The number of fused-ring (bicyclic) bond motifs is 1. The van der Waals surface area contributed by atoms with Gasteiger partial charge in [-0.3, -0.25) is 9.59 Å². The van der Waals surface area contributed by atoms with E-state index in [4.69, 9.17) is 25.8 Å². The SMILES string of the molecule is C=CC(=O)Nc1cccc(Oc2nc(Nc3ccc(N4CCN(C)CC4)cc3)nc3ccsc23)c1.C=CC(=O)Nc1cccc(Oc2nc(Nc3ccc(N4CCN(C)CC4)cc3OC)ncc2Cl)c1. The number of aromatic nitrogens is 4. The van der Waals surface area contributed by atoms with Crippen LogP contribution in [0.1, 0.15) is 0 Å². The number of methoxy groups -OCH3 is 1. The molecule has 7 aromatic rings. The maximum Gasteiger partial charge on any atom is 0.247 e. The minimum Gasteiger partial charge on any atom is -0.494 e. The highest BCUT2D eigenvalue weighted by molar-refractivity contribution is 7.17. The fourth-order valence-corrected chi connectivity index (χ4v) is 8.33. The lowest BCUT2D eigenvalue weighted by Gasteiger charge is -2.34. The molecule has 3 aromatic heterocycles. The number of carbonyl (C=O) groups excluding carboxylic acids is 2. The van der Waals surface area contributed by atoms with Crippen LogP contribution in [0.3, 0.4) is 0 Å². The third-order valence-electron chi connectivity index (χ3n) is 11.3. The average molecular weight is 982 g/mol. The van der Waals surface area contributed by atoms with Gasteiger partial charge in [0.1, 0.15) is 27.0 Å². The Bertz CT molecular complexity index is 2960. The summed E-state index contributed by atoms with van der Waals surface area (Å²) in [5, 5.41) is 14.1. The Morgan fingerprint density at radius 1 is 0.657 bits per heavy atom. The van der Waals surface area contributed by atoms with Gasteiger partial charge in [-0.15, -0.1) is 11.3 Å². The number of carbonyl (C=O) groups is 2. The highest BCUT2D eigenvalue weighted by Crippen LogP contribution is 2.36. The van der Waals surface area contributed by atoms with E-state index in [2.05, 4.69) is 100 Å². The van der Waals surface area contributed by atoms with Crippen molar-refractivity contribution < 1.29 is 23.8 Å². The Morgan fingerprint density at radius 2 is 1.23 bits per heavy atom. The highest BCUT2D eigenvalue weighted by Gasteiger charge is 2.19. The number of ether oxygens (including phenoxy) is 3. The molecule has 0 aliphatic carbocycles. The molecule has 19 heteroatoms. The van der Waals surface area contributed by atoms with E-state index in [1.54, 1.807) is 43.5 Å². The van der Waals surface area contributed by atoms with Crippen LogP contribution in [-0.4, -0.2) is 115 Å². The monoisotopic (exact) mass is 980 g/mol. The molecule has 0 radical (unpaired) electrons. The summed E-state index contributed by atoms with van der Waals surface area (Å²) >= 11 is 7.79. The van der Waals surface area contributed by atoms with Gasteiger partial charge in [0, 0.05) is 99.0 Å². The zero-order valence-corrected chi connectivity index (χ0v) is 40.6. The maximum absolute atomic E-state index is 11.6. The van der Waals surface area contributed by atoms with Crippen molar-refractivity contribution in [2.45, 2.75) is 0 Å². The smallest absolute Gasteiger partial charge is 0.247 e. The van der Waals surface area contributed by atoms with Gasteiger partial charge in [-0.2, -0.15) is 9.97 Å². The zero-order valence-electron chi connectivity index (χ0n) is 39.0. The van der Waals surface area contributed by atoms with Crippen molar-refractivity contribution in [2.24, 2.45) is 0 Å². The number of rotatable bonds is 15. The Morgan fingerprint density at radius 3 is 1.83 bits per heavy atom. The van der Waals surface area contributed by atoms with Crippen molar-refractivity contribution in [3.05, 3.63) is 139 Å². The predicted octanol–water partition coefficient (Wildman–Crippen LogP) is 9.65. The standard InChI is InChI=1S/C26H26N6O2S.C25H27ClN6O3/c1-3-23(33)27-19-5-4-6-21(17-19)34-25-24-22(11-16-35-24)29-26(30-25)28-18-7-9-20(10-8-18)32-14-12-31(2)13-15-32;1-4-23(33)28-17-6-5-7-19(14-17)35-24-20(26)16-27-25(30-24)29-21-9-8-18(15-22(21)34-3)32-12-10-31(2)11-13-32/h3-11,16-17H,1,12-15H2,2H3,(H,27,33)(H,28,29,30);4-9,14-16H,1,10-13H2,2-3H3,(H,28,33)(H,27,29,30). The number of thiophene rings is 1. The van der Waals surface area contributed by atoms with Crippen LogP contribution in [0.4, 0.5) is 46.0 Å². The van der Waals surface area contributed by atoms with Crippen LogP contribution >= 0.6 is 22.9 Å². The summed E-state index contributed by atoms with van der Waals surface area (Å²) in [4.78, 5) is 50.6. The number of likely N-dealkylation sites (N-methyl/N-ethyl adjacent to an activating group) is 2. The summed E-state index contributed by atoms with van der Waals surface area (Å²) < 4.78 is 18.5. The molecule has 0 unspecified atom stereocenters. The van der Waals surface area contributed by atoms with Crippen LogP contribution in [0.15, 0.2) is 134 Å². The van der Waals surface area contributed by atoms with Gasteiger partial charge in [0.15, 0.2) is 0 Å². The first-order valence-corrected chi connectivity index (χ1v) is 23.7. The largest absolute Gasteiger partial charge is 0.494 e. The van der Waals surface area contributed by atoms with Gasteiger partial charge < -0.3 is 55.1 Å². The Hall–Kier alpha value is -7.77. The summed E-state index contributed by atoms with van der Waals surface area (Å²) in [7, 11) is 5.92. The van der Waals surface area contributed by atoms with Crippen molar-refractivity contribution >= 4 is 91.0 Å². The van der Waals surface area contributed by atoms with Crippen LogP contribution in [0, 0.1) is 0 Å². The van der Waals surface area contributed by atoms with E-state index in [-0.39, 0.29) is 22.7 Å². The summed E-state index contributed by atoms with van der Waals surface area (Å²) in [6.45, 7) is 15.1. The van der Waals surface area contributed by atoms with E-state index in [0.717, 1.165) is 73.9 Å². The molecular weight excluding hydrogens is 928 g/mol. The van der Waals surface area contributed by atoms with Crippen LogP contribution < -0.4 is 45.3 Å². The van der Waals surface area contributed by atoms with Crippen LogP contribution in [-0.2, 0) is 9.59 Å². The number of halogens is 1. The van der Waals surface area contributed by atoms with E-state index in [1.165, 1.54) is 35.4 Å². The number of nitrogens with one attached hydrogen (secondary N) is 4. The van der Waals surface area contributed by atoms with Crippen molar-refractivity contribution in [3.63, 3.8) is 0 Å². The molecule has 0 saturated carbocycles. The van der Waals surface area contributed by atoms with E-state index < -0.39 is 0 Å². The summed E-state index contributed by atoms with van der Waals surface area (Å²) in [6.07, 6.45) is 3.88. The molecule has 17 nitrogen and oxygen atoms in total. The fraction of sp³-hybridized carbons (Fsp3) is 0.216. The molecule has 4 aromatic carbocycles. The van der Waals surface area contributed by atoms with Gasteiger partial charge in [0.2, 0.25) is 35.5 Å². The lowest BCUT2D eigenvalue weighted by Crippen LogP contribution is -2.44. The van der Waals surface area contributed by atoms with Crippen molar-refractivity contribution in [3.8, 4) is 29.0 Å². The molecule has 2 fully saturated rings. The maximum atomic E-state index is 11.6. The highest BCUT2D eigenvalue weighted by atomic mass is 35.5. The minimum atomic E-state index is -0.318. The first-order chi connectivity index (χ1) is 34.0. The summed E-state index contributed by atoms with van der Waals surface area (Å²) in [6, 6.07) is 30.3. The van der Waals surface area contributed by atoms with Crippen LogP contribution in [0.25, 0.3) is 10.2 Å². The summed E-state index contributed by atoms with van der Waals surface area (Å²) in [5.74, 6) is 2.46. The van der Waals surface area contributed by atoms with Gasteiger partial charge in [0.05, 0.1) is 24.5 Å². The second-order valence-electron chi connectivity index (χ2n) is 16.2. The number of hydrogen-bond acceptors (Lipinski definition) is 16. The normalized spacial score (nSPS) is 13.9. The van der Waals surface area contributed by atoms with E-state index in [9.17, 15) is 9.59 Å². The van der Waals surface area contributed by atoms with Crippen molar-refractivity contribution in [1.82, 2.24) is 29.7 Å². The van der Waals surface area contributed by atoms with E-state index in [1.807, 2.05) is 53.9 Å². The van der Waals surface area contributed by atoms with Crippen molar-refractivity contribution in [1.29, 1.82) is 0 Å². The quantitative estimate of drug-likeness (QED) is 0.0715. The number of anilines is 8. The number of nitrogens with zero attached hydrogens (tertiary/aromatic N) is 8. The third kappa shape index (κ3) is 12.9. The topological polar surface area (TPSA) is 174 Å². The van der Waals surface area contributed by atoms with Crippen molar-refractivity contribution in [2.75, 3.05) is 105 Å².